The number of amides is 1. The van der Waals surface area contributed by atoms with Crippen molar-refractivity contribution in [3.8, 4) is 11.3 Å². The number of fused-ring (bicyclic) bond motifs is 1. The van der Waals surface area contributed by atoms with Crippen LogP contribution in [0.25, 0.3) is 22.2 Å². The third-order valence-corrected chi connectivity index (χ3v) is 7.36. The van der Waals surface area contributed by atoms with Crippen molar-refractivity contribution in [1.29, 1.82) is 0 Å². The van der Waals surface area contributed by atoms with Crippen LogP contribution in [0.1, 0.15) is 53.2 Å². The first-order chi connectivity index (χ1) is 17.6. The van der Waals surface area contributed by atoms with Crippen molar-refractivity contribution < 1.29 is 18.0 Å². The quantitative estimate of drug-likeness (QED) is 0.250. The molecule has 1 aliphatic carbocycles. The van der Waals surface area contributed by atoms with Gasteiger partial charge in [0, 0.05) is 29.3 Å². The summed E-state index contributed by atoms with van der Waals surface area (Å²) in [6.45, 7) is 0. The highest BCUT2D eigenvalue weighted by Gasteiger charge is 2.31. The first-order valence-electron chi connectivity index (χ1n) is 11.7. The van der Waals surface area contributed by atoms with Crippen LogP contribution in [0.3, 0.4) is 0 Å². The number of aromatic amines is 1. The van der Waals surface area contributed by atoms with Crippen molar-refractivity contribution >= 4 is 44.4 Å². The normalized spacial score (nSPS) is 18.2. The number of pyridine rings is 2. The number of anilines is 2. The SMILES string of the molecule is Nc1nc([C@@H]2CCC[C@@H](N)C2)c(Br)c2[nH]nc(-c3ccc(C(=O)Nc4cc(C(F)(F)F)ccn4)cc3)c12. The standard InChI is InChI=1S/C25H23BrF3N7O/c26-19-21(14-2-1-3-16(30)10-14)34-23(31)18-20(35-36-22(18)19)12-4-6-13(7-5-12)24(37)33-17-11-15(8-9-32-17)25(27,28)29/h4-9,11,14,16H,1-3,10,30H2,(H2,31,34)(H,35,36)(H,32,33,37)/t14-,16-/m1/s1. The first-order valence-corrected chi connectivity index (χ1v) is 12.4. The molecule has 0 radical (unpaired) electrons. The summed E-state index contributed by atoms with van der Waals surface area (Å²) < 4.78 is 39.6. The molecule has 1 aliphatic rings. The van der Waals surface area contributed by atoms with Gasteiger partial charge < -0.3 is 16.8 Å². The van der Waals surface area contributed by atoms with Crippen LogP contribution in [-0.2, 0) is 6.18 Å². The van der Waals surface area contributed by atoms with Gasteiger partial charge in [0.05, 0.1) is 26.6 Å². The molecule has 8 nitrogen and oxygen atoms in total. The lowest BCUT2D eigenvalue weighted by Crippen LogP contribution is -2.27. The van der Waals surface area contributed by atoms with Crippen LogP contribution in [-0.4, -0.2) is 32.1 Å². The zero-order chi connectivity index (χ0) is 26.3. The van der Waals surface area contributed by atoms with Crippen molar-refractivity contribution in [3.05, 3.63) is 63.9 Å². The maximum Gasteiger partial charge on any atom is 0.416 e. The van der Waals surface area contributed by atoms with Crippen molar-refractivity contribution in [2.45, 2.75) is 43.8 Å². The molecule has 4 aromatic rings. The van der Waals surface area contributed by atoms with Crippen LogP contribution < -0.4 is 16.8 Å². The number of carbonyl (C=O) groups is 1. The van der Waals surface area contributed by atoms with Crippen LogP contribution in [0.15, 0.2) is 47.1 Å². The molecule has 1 aromatic carbocycles. The van der Waals surface area contributed by atoms with Gasteiger partial charge in [0.1, 0.15) is 17.3 Å². The second kappa shape index (κ2) is 9.75. The van der Waals surface area contributed by atoms with E-state index in [1.807, 2.05) is 0 Å². The van der Waals surface area contributed by atoms with E-state index in [1.165, 1.54) is 0 Å². The molecule has 0 spiro atoms. The Morgan fingerprint density at radius 3 is 2.62 bits per heavy atom. The molecule has 3 heterocycles. The summed E-state index contributed by atoms with van der Waals surface area (Å²) >= 11 is 3.68. The number of H-pyrrole nitrogens is 1. The summed E-state index contributed by atoms with van der Waals surface area (Å²) in [5.41, 5.74) is 14.8. The minimum atomic E-state index is -4.54. The molecule has 6 N–H and O–H groups in total. The van der Waals surface area contributed by atoms with Crippen LogP contribution in [0.2, 0.25) is 0 Å². The number of aromatic nitrogens is 4. The zero-order valence-electron chi connectivity index (χ0n) is 19.4. The van der Waals surface area contributed by atoms with Crippen LogP contribution in [0.5, 0.6) is 0 Å². The summed E-state index contributed by atoms with van der Waals surface area (Å²) in [6, 6.07) is 8.23. The molecule has 37 heavy (non-hydrogen) atoms. The van der Waals surface area contributed by atoms with E-state index >= 15 is 0 Å². The molecule has 1 saturated carbocycles. The minimum absolute atomic E-state index is 0.141. The Bertz CT molecular complexity index is 1470. The van der Waals surface area contributed by atoms with Gasteiger partial charge in [-0.3, -0.25) is 9.89 Å². The van der Waals surface area contributed by atoms with Gasteiger partial charge in [0.15, 0.2) is 0 Å². The summed E-state index contributed by atoms with van der Waals surface area (Å²) in [4.78, 5) is 21.1. The second-order valence-electron chi connectivity index (χ2n) is 9.10. The number of nitrogens with two attached hydrogens (primary N) is 2. The highest BCUT2D eigenvalue weighted by atomic mass is 79.9. The largest absolute Gasteiger partial charge is 0.416 e. The number of alkyl halides is 3. The lowest BCUT2D eigenvalue weighted by molar-refractivity contribution is -0.137. The van der Waals surface area contributed by atoms with Crippen molar-refractivity contribution in [2.24, 2.45) is 5.73 Å². The molecule has 1 fully saturated rings. The molecule has 192 valence electrons. The van der Waals surface area contributed by atoms with Crippen molar-refractivity contribution in [2.75, 3.05) is 11.1 Å². The van der Waals surface area contributed by atoms with Crippen molar-refractivity contribution in [3.63, 3.8) is 0 Å². The Labute approximate surface area is 218 Å². The van der Waals surface area contributed by atoms with Crippen LogP contribution >= 0.6 is 15.9 Å². The molecule has 0 aliphatic heterocycles. The number of nitrogen functional groups attached to an aromatic ring is 1. The summed E-state index contributed by atoms with van der Waals surface area (Å²) in [6.07, 6.45) is 0.337. The fourth-order valence-corrected chi connectivity index (χ4v) is 5.41. The smallest absolute Gasteiger partial charge is 0.383 e. The fraction of sp³-hybridized carbons (Fsp3) is 0.280. The Morgan fingerprint density at radius 2 is 1.92 bits per heavy atom. The molecule has 0 bridgehead atoms. The van der Waals surface area contributed by atoms with Crippen molar-refractivity contribution in [1.82, 2.24) is 20.2 Å². The number of hydrogen-bond donors (Lipinski definition) is 4. The van der Waals surface area contributed by atoms with Gasteiger partial charge in [-0.05, 0) is 59.5 Å². The average molecular weight is 574 g/mol. The number of nitrogens with one attached hydrogen (secondary N) is 2. The van der Waals surface area contributed by atoms with E-state index in [1.54, 1.807) is 24.3 Å². The lowest BCUT2D eigenvalue weighted by atomic mass is 9.83. The van der Waals surface area contributed by atoms with Gasteiger partial charge in [-0.25, -0.2) is 9.97 Å². The molecule has 3 aromatic heterocycles. The lowest BCUT2D eigenvalue weighted by Gasteiger charge is -2.27. The number of halogens is 4. The van der Waals surface area contributed by atoms with E-state index in [9.17, 15) is 18.0 Å². The number of benzene rings is 1. The second-order valence-corrected chi connectivity index (χ2v) is 9.89. The fourth-order valence-electron chi connectivity index (χ4n) is 4.71. The highest BCUT2D eigenvalue weighted by Crippen LogP contribution is 2.41. The topological polar surface area (TPSA) is 136 Å². The number of hydrogen-bond acceptors (Lipinski definition) is 6. The minimum Gasteiger partial charge on any atom is -0.383 e. The molecule has 2 atom stereocenters. The summed E-state index contributed by atoms with van der Waals surface area (Å²) in [5.74, 6) is -0.237. The molecule has 12 heteroatoms. The highest BCUT2D eigenvalue weighted by molar-refractivity contribution is 9.10. The third kappa shape index (κ3) is 5.03. The van der Waals surface area contributed by atoms with Gasteiger partial charge >= 0.3 is 6.18 Å². The molecular formula is C25H23BrF3N7O. The van der Waals surface area contributed by atoms with Crippen LogP contribution in [0.4, 0.5) is 24.8 Å². The predicted molar refractivity (Wildman–Crippen MR) is 138 cm³/mol. The maximum atomic E-state index is 12.9. The van der Waals surface area contributed by atoms with E-state index in [4.69, 9.17) is 16.5 Å². The molecule has 5 rings (SSSR count). The van der Waals surface area contributed by atoms with E-state index in [0.29, 0.717) is 22.5 Å². The van der Waals surface area contributed by atoms with Gasteiger partial charge in [-0.1, -0.05) is 18.6 Å². The summed E-state index contributed by atoms with van der Waals surface area (Å²) in [5, 5.41) is 10.5. The van der Waals surface area contributed by atoms with Gasteiger partial charge in [0.2, 0.25) is 0 Å². The average Bonchev–Trinajstić information content (AvgIpc) is 3.32. The van der Waals surface area contributed by atoms with Gasteiger partial charge in [0.25, 0.3) is 5.91 Å². The van der Waals surface area contributed by atoms with E-state index in [2.05, 4.69) is 36.4 Å². The van der Waals surface area contributed by atoms with Gasteiger partial charge in [-0.2, -0.15) is 18.3 Å². The monoisotopic (exact) mass is 573 g/mol. The number of carbonyl (C=O) groups excluding carboxylic acids is 1. The Kier molecular flexibility index (Phi) is 6.63. The molecular weight excluding hydrogens is 551 g/mol. The Balaban J connectivity index is 1.40. The van der Waals surface area contributed by atoms with E-state index in [0.717, 1.165) is 59.7 Å². The van der Waals surface area contributed by atoms with Crippen LogP contribution in [0, 0.1) is 0 Å². The first kappa shape index (κ1) is 25.2. The number of rotatable bonds is 4. The Morgan fingerprint density at radius 1 is 1.16 bits per heavy atom. The maximum absolute atomic E-state index is 12.9. The summed E-state index contributed by atoms with van der Waals surface area (Å²) in [7, 11) is 0. The third-order valence-electron chi connectivity index (χ3n) is 6.56. The molecule has 1 amide bonds. The Hall–Kier alpha value is -3.51. The molecule has 0 unspecified atom stereocenters. The predicted octanol–water partition coefficient (Wildman–Crippen LogP) is 5.62. The zero-order valence-corrected chi connectivity index (χ0v) is 21.0. The molecule has 0 saturated heterocycles. The number of nitrogens with zero attached hydrogens (tertiary/aromatic N) is 3. The van der Waals surface area contributed by atoms with Gasteiger partial charge in [-0.15, -0.1) is 0 Å². The van der Waals surface area contributed by atoms with E-state index in [-0.39, 0.29) is 23.3 Å². The van der Waals surface area contributed by atoms with E-state index < -0.39 is 17.6 Å².